The highest BCUT2D eigenvalue weighted by atomic mass is 19.4. The molecule has 0 saturated carbocycles. The van der Waals surface area contributed by atoms with Gasteiger partial charge in [0.1, 0.15) is 30.1 Å². The minimum atomic E-state index is -4.55. The highest BCUT2D eigenvalue weighted by molar-refractivity contribution is 5.95. The lowest BCUT2D eigenvalue weighted by molar-refractivity contribution is -0.143. The summed E-state index contributed by atoms with van der Waals surface area (Å²) in [7, 11) is 0. The molecule has 4 aromatic heterocycles. The van der Waals surface area contributed by atoms with Crippen molar-refractivity contribution in [2.45, 2.75) is 32.2 Å². The largest absolute Gasteiger partial charge is 0.487 e. The summed E-state index contributed by atoms with van der Waals surface area (Å²) < 4.78 is 44.0. The van der Waals surface area contributed by atoms with E-state index in [1.165, 1.54) is 6.20 Å². The van der Waals surface area contributed by atoms with Gasteiger partial charge in [0.25, 0.3) is 0 Å². The fraction of sp³-hybridized carbons (Fsp3) is 0.280. The highest BCUT2D eigenvalue weighted by Crippen LogP contribution is 2.34. The Balaban J connectivity index is 1.65. The van der Waals surface area contributed by atoms with Crippen LogP contribution in [0.15, 0.2) is 61.4 Å². The van der Waals surface area contributed by atoms with E-state index in [0.717, 1.165) is 16.5 Å². The third-order valence-electron chi connectivity index (χ3n) is 5.90. The van der Waals surface area contributed by atoms with E-state index in [1.54, 1.807) is 50.9 Å². The molecule has 188 valence electrons. The Morgan fingerprint density at radius 2 is 1.97 bits per heavy atom. The van der Waals surface area contributed by atoms with Crippen LogP contribution >= 0.6 is 0 Å². The Labute approximate surface area is 205 Å². The summed E-state index contributed by atoms with van der Waals surface area (Å²) in [5.74, 6) is -0.904. The van der Waals surface area contributed by atoms with Crippen LogP contribution in [0.25, 0.3) is 22.2 Å². The monoisotopic (exact) mass is 498 g/mol. The van der Waals surface area contributed by atoms with Crippen molar-refractivity contribution in [3.63, 3.8) is 0 Å². The third-order valence-corrected chi connectivity index (χ3v) is 5.90. The number of aromatic nitrogens is 4. The zero-order valence-corrected chi connectivity index (χ0v) is 19.6. The van der Waals surface area contributed by atoms with Gasteiger partial charge < -0.3 is 20.8 Å². The highest BCUT2D eigenvalue weighted by Gasteiger charge is 2.41. The summed E-state index contributed by atoms with van der Waals surface area (Å²) in [5, 5.41) is 2.65. The number of carbonyl (C=O) groups is 1. The molecular weight excluding hydrogens is 473 g/mol. The van der Waals surface area contributed by atoms with Gasteiger partial charge in [0.2, 0.25) is 5.91 Å². The number of hydrogen-bond acceptors (Lipinski definition) is 6. The second-order valence-electron chi connectivity index (χ2n) is 8.70. The van der Waals surface area contributed by atoms with E-state index in [-0.39, 0.29) is 0 Å². The zero-order valence-electron chi connectivity index (χ0n) is 19.6. The van der Waals surface area contributed by atoms with Gasteiger partial charge in [0.05, 0.1) is 6.20 Å². The number of fused-ring (bicyclic) bond motifs is 1. The van der Waals surface area contributed by atoms with Crippen molar-refractivity contribution in [1.29, 1.82) is 0 Å². The molecule has 0 aliphatic rings. The first-order valence-electron chi connectivity index (χ1n) is 11.2. The van der Waals surface area contributed by atoms with Crippen LogP contribution in [-0.2, 0) is 16.9 Å². The molecule has 0 fully saturated rings. The molecule has 4 aromatic rings. The molecule has 36 heavy (non-hydrogen) atoms. The summed E-state index contributed by atoms with van der Waals surface area (Å²) in [6.07, 6.45) is 5.16. The van der Waals surface area contributed by atoms with Gasteiger partial charge in [-0.3, -0.25) is 14.8 Å². The lowest BCUT2D eigenvalue weighted by atomic mass is 9.80. The quantitative estimate of drug-likeness (QED) is 0.337. The molecule has 8 nitrogen and oxygen atoms in total. The first kappa shape index (κ1) is 25.1. The summed E-state index contributed by atoms with van der Waals surface area (Å²) in [6, 6.07) is 7.20. The van der Waals surface area contributed by atoms with Crippen molar-refractivity contribution in [2.75, 3.05) is 6.54 Å². The minimum absolute atomic E-state index is 0.293. The lowest BCUT2D eigenvalue weighted by Gasteiger charge is -2.32. The van der Waals surface area contributed by atoms with Crippen molar-refractivity contribution < 1.29 is 22.7 Å². The number of alkyl halides is 3. The summed E-state index contributed by atoms with van der Waals surface area (Å²) >= 11 is 0. The number of nitrogens with zero attached hydrogens (tertiary/aromatic N) is 3. The van der Waals surface area contributed by atoms with E-state index < -0.39 is 30.1 Å². The van der Waals surface area contributed by atoms with Crippen LogP contribution in [0.3, 0.4) is 0 Å². The van der Waals surface area contributed by atoms with Crippen LogP contribution in [0.4, 0.5) is 13.2 Å². The molecule has 0 aliphatic carbocycles. The number of pyridine rings is 3. The molecule has 4 heterocycles. The number of hydrogen-bond donors (Lipinski definition) is 3. The standard InChI is InChI=1S/C25H25F3N6O2/c1-15(2)25(29,23(35)34-14-24(26,27)28)18-6-17(9-31-10-18)21-12-33-22-20(21)7-19(11-32-22)36-13-16-4-3-5-30-8-16/h3-12,15H,13-14,29H2,1-2H3,(H,32,33)(H,34,35)/t25-/m1/s1. The van der Waals surface area contributed by atoms with Gasteiger partial charge in [-0.2, -0.15) is 13.2 Å². The normalized spacial score (nSPS) is 13.5. The van der Waals surface area contributed by atoms with Crippen molar-refractivity contribution in [1.82, 2.24) is 25.3 Å². The molecule has 0 spiro atoms. The van der Waals surface area contributed by atoms with Crippen LogP contribution in [-0.4, -0.2) is 38.6 Å². The van der Waals surface area contributed by atoms with Crippen LogP contribution in [0.5, 0.6) is 5.75 Å². The smallest absolute Gasteiger partial charge is 0.405 e. The van der Waals surface area contributed by atoms with Gasteiger partial charge in [-0.15, -0.1) is 0 Å². The Morgan fingerprint density at radius 3 is 2.67 bits per heavy atom. The molecule has 0 radical (unpaired) electrons. The third kappa shape index (κ3) is 5.30. The van der Waals surface area contributed by atoms with Gasteiger partial charge in [-0.25, -0.2) is 4.98 Å². The molecule has 0 bridgehead atoms. The van der Waals surface area contributed by atoms with Gasteiger partial charge in [0, 0.05) is 58.6 Å². The van der Waals surface area contributed by atoms with Crippen molar-refractivity contribution >= 4 is 16.9 Å². The van der Waals surface area contributed by atoms with Gasteiger partial charge >= 0.3 is 6.18 Å². The van der Waals surface area contributed by atoms with E-state index in [0.29, 0.717) is 29.1 Å². The molecule has 0 saturated heterocycles. The maximum atomic E-state index is 12.8. The summed E-state index contributed by atoms with van der Waals surface area (Å²) in [6.45, 7) is 2.18. The number of halogens is 3. The molecule has 11 heteroatoms. The number of ether oxygens (including phenoxy) is 1. The predicted octanol–water partition coefficient (Wildman–Crippen LogP) is 4.09. The van der Waals surface area contributed by atoms with Crippen LogP contribution < -0.4 is 15.8 Å². The minimum Gasteiger partial charge on any atom is -0.487 e. The fourth-order valence-corrected chi connectivity index (χ4v) is 3.82. The second-order valence-corrected chi connectivity index (χ2v) is 8.70. The Hall–Kier alpha value is -3.99. The Bertz CT molecular complexity index is 1360. The number of carbonyl (C=O) groups excluding carboxylic acids is 1. The van der Waals surface area contributed by atoms with E-state index in [1.807, 2.05) is 23.5 Å². The number of nitrogens with two attached hydrogens (primary N) is 1. The number of aromatic amines is 1. The fourth-order valence-electron chi connectivity index (χ4n) is 3.82. The second kappa shape index (κ2) is 9.94. The summed E-state index contributed by atoms with van der Waals surface area (Å²) in [4.78, 5) is 28.6. The average molecular weight is 499 g/mol. The topological polar surface area (TPSA) is 119 Å². The predicted molar refractivity (Wildman–Crippen MR) is 128 cm³/mol. The van der Waals surface area contributed by atoms with E-state index in [2.05, 4.69) is 19.9 Å². The molecular formula is C25H25F3N6O2. The van der Waals surface area contributed by atoms with Crippen LogP contribution in [0, 0.1) is 5.92 Å². The molecule has 0 unspecified atom stereocenters. The number of amides is 1. The van der Waals surface area contributed by atoms with E-state index in [4.69, 9.17) is 10.5 Å². The first-order chi connectivity index (χ1) is 17.1. The number of H-pyrrole nitrogens is 1. The van der Waals surface area contributed by atoms with E-state index >= 15 is 0 Å². The van der Waals surface area contributed by atoms with Crippen molar-refractivity contribution in [2.24, 2.45) is 11.7 Å². The maximum absolute atomic E-state index is 12.8. The molecule has 4 rings (SSSR count). The molecule has 1 amide bonds. The molecule has 0 aromatic carbocycles. The average Bonchev–Trinajstić information content (AvgIpc) is 3.29. The molecule has 1 atom stereocenters. The molecule has 0 aliphatic heterocycles. The maximum Gasteiger partial charge on any atom is 0.405 e. The van der Waals surface area contributed by atoms with Gasteiger partial charge in [-0.05, 0) is 24.1 Å². The zero-order chi connectivity index (χ0) is 25.9. The van der Waals surface area contributed by atoms with Crippen LogP contribution in [0.2, 0.25) is 0 Å². The Kier molecular flexibility index (Phi) is 6.93. The lowest BCUT2D eigenvalue weighted by Crippen LogP contribution is -2.56. The van der Waals surface area contributed by atoms with E-state index in [9.17, 15) is 18.0 Å². The SMILES string of the molecule is CC(C)[C@](N)(C(=O)NCC(F)(F)F)c1cncc(-c2c[nH]c3ncc(OCc4cccnc4)cc23)c1. The number of nitrogens with one attached hydrogen (secondary N) is 2. The van der Waals surface area contributed by atoms with Crippen LogP contribution in [0.1, 0.15) is 25.0 Å². The van der Waals surface area contributed by atoms with Crippen molar-refractivity contribution in [3.05, 3.63) is 72.6 Å². The first-order valence-corrected chi connectivity index (χ1v) is 11.2. The number of rotatable bonds is 8. The summed E-state index contributed by atoms with van der Waals surface area (Å²) in [5.41, 5.74) is 7.84. The van der Waals surface area contributed by atoms with Gasteiger partial charge in [0.15, 0.2) is 0 Å². The molecule has 4 N–H and O–H groups in total. The van der Waals surface area contributed by atoms with Gasteiger partial charge in [-0.1, -0.05) is 19.9 Å². The Morgan fingerprint density at radius 1 is 1.17 bits per heavy atom. The van der Waals surface area contributed by atoms with Crippen molar-refractivity contribution in [3.8, 4) is 16.9 Å².